The van der Waals surface area contributed by atoms with Gasteiger partial charge in [0.1, 0.15) is 30.0 Å². The van der Waals surface area contributed by atoms with Crippen LogP contribution in [0.5, 0.6) is 0 Å². The molecule has 3 fully saturated rings. The summed E-state index contributed by atoms with van der Waals surface area (Å²) in [6.07, 6.45) is 4.53. The lowest BCUT2D eigenvalue weighted by molar-refractivity contribution is -0.139. The fraction of sp³-hybridized carbons (Fsp3) is 0.453. The number of pyridine rings is 1. The van der Waals surface area contributed by atoms with Crippen LogP contribution < -0.4 is 31.1 Å². The first-order valence-electron chi connectivity index (χ1n) is 24.2. The van der Waals surface area contributed by atoms with Gasteiger partial charge in [-0.15, -0.1) is 0 Å². The number of likely N-dealkylation sites (tertiary alicyclic amines) is 2. The zero-order valence-corrected chi connectivity index (χ0v) is 41.4. The van der Waals surface area contributed by atoms with Gasteiger partial charge in [0.25, 0.3) is 0 Å². The van der Waals surface area contributed by atoms with Crippen molar-refractivity contribution in [2.75, 3.05) is 61.8 Å². The van der Waals surface area contributed by atoms with E-state index < -0.39 is 36.4 Å². The standard InChI is InChI=1S/C53H67N9O8/c1-32(2)46(57-52(67)69-7)50(65)60-29-9-11-43(60)48(63)55-38-20-13-35(14-21-38)41-26-27-42(62(41)40-24-17-34(18-25-40)37-19-28-45(54-31-37)59(5)6)36-15-22-39(23-16-36)56-49(64)44-12-10-30-61(44)51(66)47(33(3)4)58-53(68)70-8/h13-25,28,31-33,41-44,46-47H,9-12,26-27,29-30H2,1-8H3,(H,55,63)(H,56,64)(H,57,67)(H,58,68)/t41?,42?,43-,44-,46-,47-/m0/s1. The predicted octanol–water partition coefficient (Wildman–Crippen LogP) is 7.52. The maximum Gasteiger partial charge on any atom is 0.407 e. The Morgan fingerprint density at radius 2 is 1.01 bits per heavy atom. The van der Waals surface area contributed by atoms with Crippen LogP contribution in [-0.2, 0) is 28.7 Å². The number of ether oxygens (including phenoxy) is 2. The molecule has 2 unspecified atom stereocenters. The number of nitrogens with zero attached hydrogens (tertiary/aromatic N) is 5. The monoisotopic (exact) mass is 958 g/mol. The van der Waals surface area contributed by atoms with Gasteiger partial charge >= 0.3 is 12.2 Å². The van der Waals surface area contributed by atoms with Crippen molar-refractivity contribution in [1.29, 1.82) is 0 Å². The number of hydrogen-bond donors (Lipinski definition) is 4. The molecule has 3 aliphatic heterocycles. The number of anilines is 4. The molecule has 3 aromatic carbocycles. The van der Waals surface area contributed by atoms with Crippen LogP contribution in [0.3, 0.4) is 0 Å². The maximum absolute atomic E-state index is 13.7. The van der Waals surface area contributed by atoms with E-state index in [-0.39, 0.29) is 47.5 Å². The number of methoxy groups -OCH3 is 2. The number of carbonyl (C=O) groups is 6. The van der Waals surface area contributed by atoms with E-state index in [0.717, 1.165) is 46.6 Å². The molecule has 4 heterocycles. The highest BCUT2D eigenvalue weighted by Gasteiger charge is 2.41. The molecule has 7 rings (SSSR count). The number of hydrogen-bond acceptors (Lipinski definition) is 11. The summed E-state index contributed by atoms with van der Waals surface area (Å²) in [5, 5.41) is 11.4. The van der Waals surface area contributed by atoms with E-state index in [0.29, 0.717) is 50.1 Å². The van der Waals surface area contributed by atoms with Gasteiger partial charge in [-0.2, -0.15) is 0 Å². The van der Waals surface area contributed by atoms with Crippen molar-refractivity contribution in [1.82, 2.24) is 25.4 Å². The Labute approximate surface area is 410 Å². The van der Waals surface area contributed by atoms with Crippen molar-refractivity contribution in [3.05, 3.63) is 102 Å². The van der Waals surface area contributed by atoms with Crippen molar-refractivity contribution in [2.24, 2.45) is 11.8 Å². The lowest BCUT2D eigenvalue weighted by Crippen LogP contribution is -2.54. The van der Waals surface area contributed by atoms with E-state index in [1.807, 2.05) is 107 Å². The number of nitrogens with one attached hydrogen (secondary N) is 4. The summed E-state index contributed by atoms with van der Waals surface area (Å²) in [4.78, 5) is 91.0. The average Bonchev–Trinajstić information content (AvgIpc) is 4.16. The fourth-order valence-electron chi connectivity index (χ4n) is 9.86. The molecule has 1 aromatic heterocycles. The van der Waals surface area contributed by atoms with Crippen LogP contribution in [0.25, 0.3) is 11.1 Å². The summed E-state index contributed by atoms with van der Waals surface area (Å²) in [7, 11) is 6.42. The molecule has 17 heteroatoms. The first-order valence-corrected chi connectivity index (χ1v) is 24.2. The second-order valence-electron chi connectivity index (χ2n) is 19.2. The van der Waals surface area contributed by atoms with E-state index in [9.17, 15) is 28.8 Å². The van der Waals surface area contributed by atoms with Crippen LogP contribution in [0.15, 0.2) is 91.1 Å². The highest BCUT2D eigenvalue weighted by molar-refractivity contribution is 5.99. The molecule has 4 N–H and O–H groups in total. The summed E-state index contributed by atoms with van der Waals surface area (Å²) < 4.78 is 9.51. The number of rotatable bonds is 15. The Hall–Kier alpha value is -7.17. The molecule has 0 spiro atoms. The third-order valence-electron chi connectivity index (χ3n) is 13.7. The zero-order chi connectivity index (χ0) is 50.2. The lowest BCUT2D eigenvalue weighted by atomic mass is 10.0. The summed E-state index contributed by atoms with van der Waals surface area (Å²) >= 11 is 0. The molecule has 372 valence electrons. The van der Waals surface area contributed by atoms with Crippen LogP contribution in [0.1, 0.15) is 89.4 Å². The summed E-state index contributed by atoms with van der Waals surface area (Å²) in [6.45, 7) is 8.18. The number of amides is 6. The van der Waals surface area contributed by atoms with E-state index >= 15 is 0 Å². The molecule has 0 bridgehead atoms. The minimum atomic E-state index is -0.825. The Morgan fingerprint density at radius 1 is 0.586 bits per heavy atom. The van der Waals surface area contributed by atoms with Gasteiger partial charge < -0.3 is 50.3 Å². The second-order valence-corrected chi connectivity index (χ2v) is 19.2. The molecule has 0 saturated carbocycles. The largest absolute Gasteiger partial charge is 0.453 e. The van der Waals surface area contributed by atoms with Crippen molar-refractivity contribution in [3.8, 4) is 11.1 Å². The summed E-state index contributed by atoms with van der Waals surface area (Å²) in [6, 6.07) is 25.3. The molecular formula is C53H67N9O8. The van der Waals surface area contributed by atoms with Gasteiger partial charge in [0.05, 0.1) is 26.3 Å². The molecule has 3 saturated heterocycles. The highest BCUT2D eigenvalue weighted by Crippen LogP contribution is 2.47. The zero-order valence-electron chi connectivity index (χ0n) is 41.4. The number of alkyl carbamates (subject to hydrolysis) is 2. The Bertz CT molecular complexity index is 2360. The molecule has 4 aromatic rings. The predicted molar refractivity (Wildman–Crippen MR) is 269 cm³/mol. The number of benzene rings is 3. The fourth-order valence-corrected chi connectivity index (χ4v) is 9.86. The minimum Gasteiger partial charge on any atom is -0.453 e. The number of aromatic nitrogens is 1. The van der Waals surface area contributed by atoms with Gasteiger partial charge in [-0.05, 0) is 116 Å². The van der Waals surface area contributed by atoms with Crippen molar-refractivity contribution < 1.29 is 38.2 Å². The van der Waals surface area contributed by atoms with Crippen molar-refractivity contribution in [3.63, 3.8) is 0 Å². The van der Waals surface area contributed by atoms with E-state index in [4.69, 9.17) is 9.47 Å². The van der Waals surface area contributed by atoms with Crippen LogP contribution in [0.2, 0.25) is 0 Å². The maximum atomic E-state index is 13.7. The molecule has 6 atom stereocenters. The van der Waals surface area contributed by atoms with Crippen molar-refractivity contribution >= 4 is 58.7 Å². The smallest absolute Gasteiger partial charge is 0.407 e. The molecule has 0 radical (unpaired) electrons. The van der Waals surface area contributed by atoms with Crippen LogP contribution in [0, 0.1) is 11.8 Å². The normalized spacial score (nSPS) is 19.7. The van der Waals surface area contributed by atoms with Crippen LogP contribution in [0.4, 0.5) is 32.5 Å². The third-order valence-corrected chi connectivity index (χ3v) is 13.7. The number of carbonyl (C=O) groups excluding carboxylic acids is 6. The second kappa shape index (κ2) is 22.5. The van der Waals surface area contributed by atoms with Gasteiger partial charge in [-0.1, -0.05) is 64.1 Å². The minimum absolute atomic E-state index is 0.0199. The first-order chi connectivity index (χ1) is 33.6. The Balaban J connectivity index is 1.09. The van der Waals surface area contributed by atoms with Gasteiger partial charge in [0, 0.05) is 56.0 Å². The van der Waals surface area contributed by atoms with Crippen molar-refractivity contribution in [2.45, 2.75) is 102 Å². The third kappa shape index (κ3) is 11.5. The molecule has 6 amide bonds. The molecule has 17 nitrogen and oxygen atoms in total. The topological polar surface area (TPSA) is 195 Å². The van der Waals surface area contributed by atoms with Gasteiger partial charge in [0.2, 0.25) is 23.6 Å². The highest BCUT2D eigenvalue weighted by atomic mass is 16.5. The Kier molecular flexibility index (Phi) is 16.3. The van der Waals surface area contributed by atoms with Crippen LogP contribution in [-0.4, -0.2) is 116 Å². The summed E-state index contributed by atoms with van der Waals surface area (Å²) in [5.41, 5.74) is 6.44. The van der Waals surface area contributed by atoms with Gasteiger partial charge in [-0.25, -0.2) is 14.6 Å². The average molecular weight is 958 g/mol. The van der Waals surface area contributed by atoms with E-state index in [2.05, 4.69) is 61.5 Å². The molecule has 0 aliphatic carbocycles. The molecular weight excluding hydrogens is 891 g/mol. The van der Waals surface area contributed by atoms with Gasteiger partial charge in [0.15, 0.2) is 0 Å². The van der Waals surface area contributed by atoms with Gasteiger partial charge in [-0.3, -0.25) is 19.2 Å². The van der Waals surface area contributed by atoms with E-state index in [1.54, 1.807) is 9.80 Å². The SMILES string of the molecule is COC(=O)N[C@H](C(=O)N1CCC[C@H]1C(=O)Nc1ccc(C2CCC(c3ccc(NC(=O)[C@@H]4CCCN4C(=O)[C@@H](NC(=O)OC)C(C)C)cc3)N2c2ccc(-c3ccc(N(C)C)nc3)cc2)cc1)C(C)C. The van der Waals surface area contributed by atoms with E-state index in [1.165, 1.54) is 14.2 Å². The summed E-state index contributed by atoms with van der Waals surface area (Å²) in [5.74, 6) is -0.737. The lowest BCUT2D eigenvalue weighted by Gasteiger charge is -2.34. The molecule has 70 heavy (non-hydrogen) atoms. The quantitative estimate of drug-likeness (QED) is 0.0921. The molecule has 3 aliphatic rings. The first kappa shape index (κ1) is 50.7. The Morgan fingerprint density at radius 3 is 1.39 bits per heavy atom. The van der Waals surface area contributed by atoms with Crippen LogP contribution >= 0.6 is 0 Å².